The summed E-state index contributed by atoms with van der Waals surface area (Å²) in [5.41, 5.74) is 3.03. The Labute approximate surface area is 149 Å². The van der Waals surface area contributed by atoms with Crippen LogP contribution < -0.4 is 0 Å². The molecule has 0 aliphatic carbocycles. The number of hydrogen-bond donors (Lipinski definition) is 0. The van der Waals surface area contributed by atoms with Crippen molar-refractivity contribution in [1.82, 2.24) is 3.97 Å². The van der Waals surface area contributed by atoms with Crippen LogP contribution in [0.25, 0.3) is 17.0 Å². The van der Waals surface area contributed by atoms with Crippen molar-refractivity contribution in [2.24, 2.45) is 0 Å². The van der Waals surface area contributed by atoms with E-state index in [-0.39, 0.29) is 11.2 Å². The van der Waals surface area contributed by atoms with Gasteiger partial charge in [0.1, 0.15) is 0 Å². The van der Waals surface area contributed by atoms with Gasteiger partial charge in [-0.2, -0.15) is 0 Å². The molecule has 0 bridgehead atoms. The zero-order valence-electron chi connectivity index (χ0n) is 14.8. The van der Waals surface area contributed by atoms with E-state index in [1.54, 1.807) is 12.3 Å². The fraction of sp³-hybridized carbons (Fsp3) is 0.238. The predicted molar refractivity (Wildman–Crippen MR) is 105 cm³/mol. The van der Waals surface area contributed by atoms with Crippen molar-refractivity contribution >= 4 is 27.0 Å². The number of rotatable bonds is 4. The second kappa shape index (κ2) is 6.52. The van der Waals surface area contributed by atoms with Gasteiger partial charge in [0.05, 0.1) is 11.3 Å². The average Bonchev–Trinajstić information content (AvgIpc) is 2.99. The standard InChI is InChI=1S/C21H23NO2S/c1-21(2,3)19-11-6-8-17(16-19)9-7-15-25(23,24)22-14-13-18-10-4-5-12-20(18)22/h4-14,16H,15H2,1-3H3. The van der Waals surface area contributed by atoms with Crippen LogP contribution in [0.1, 0.15) is 31.9 Å². The van der Waals surface area contributed by atoms with Crippen LogP contribution in [0.5, 0.6) is 0 Å². The molecule has 1 heterocycles. The molecule has 4 heteroatoms. The van der Waals surface area contributed by atoms with E-state index in [9.17, 15) is 8.42 Å². The van der Waals surface area contributed by atoms with Crippen LogP contribution in [-0.2, 0) is 15.4 Å². The Bertz CT molecular complexity index is 1020. The topological polar surface area (TPSA) is 39.1 Å². The van der Waals surface area contributed by atoms with Gasteiger partial charge in [0.2, 0.25) is 10.0 Å². The second-order valence-electron chi connectivity index (χ2n) is 7.23. The molecule has 0 saturated carbocycles. The maximum Gasteiger partial charge on any atom is 0.242 e. The van der Waals surface area contributed by atoms with Crippen molar-refractivity contribution in [2.75, 3.05) is 5.75 Å². The summed E-state index contributed by atoms with van der Waals surface area (Å²) in [5.74, 6) is -0.0363. The molecule has 3 rings (SSSR count). The molecule has 3 nitrogen and oxygen atoms in total. The third-order valence-corrected chi connectivity index (χ3v) is 5.76. The van der Waals surface area contributed by atoms with Crippen molar-refractivity contribution in [2.45, 2.75) is 26.2 Å². The van der Waals surface area contributed by atoms with Crippen LogP contribution in [0.2, 0.25) is 0 Å². The SMILES string of the molecule is CC(C)(C)c1cccc(C=CCS(=O)(=O)n2ccc3ccccc32)c1. The molecule has 0 atom stereocenters. The highest BCUT2D eigenvalue weighted by molar-refractivity contribution is 7.90. The maximum atomic E-state index is 12.6. The Morgan fingerprint density at radius 2 is 1.76 bits per heavy atom. The number of para-hydroxylation sites is 1. The second-order valence-corrected chi connectivity index (χ2v) is 9.12. The van der Waals surface area contributed by atoms with Crippen molar-refractivity contribution in [3.05, 3.63) is 78.0 Å². The lowest BCUT2D eigenvalue weighted by Gasteiger charge is -2.19. The van der Waals surface area contributed by atoms with Gasteiger partial charge in [-0.25, -0.2) is 12.4 Å². The summed E-state index contributed by atoms with van der Waals surface area (Å²) in [7, 11) is -3.42. The molecule has 1 aromatic heterocycles. The fourth-order valence-electron chi connectivity index (χ4n) is 2.79. The van der Waals surface area contributed by atoms with Crippen LogP contribution in [0, 0.1) is 0 Å². The number of hydrogen-bond acceptors (Lipinski definition) is 2. The molecule has 0 aliphatic rings. The Morgan fingerprint density at radius 1 is 1.00 bits per heavy atom. The quantitative estimate of drug-likeness (QED) is 0.674. The van der Waals surface area contributed by atoms with Gasteiger partial charge in [-0.3, -0.25) is 0 Å². The zero-order valence-corrected chi connectivity index (χ0v) is 15.6. The summed E-state index contributed by atoms with van der Waals surface area (Å²) in [4.78, 5) is 0. The average molecular weight is 353 g/mol. The molecule has 2 aromatic carbocycles. The van der Waals surface area contributed by atoms with Crippen molar-refractivity contribution < 1.29 is 8.42 Å². The van der Waals surface area contributed by atoms with Crippen LogP contribution in [0.15, 0.2) is 66.9 Å². The number of nitrogens with zero attached hydrogens (tertiary/aromatic N) is 1. The Balaban J connectivity index is 1.82. The lowest BCUT2D eigenvalue weighted by atomic mass is 9.86. The molecule has 0 amide bonds. The molecular formula is C21H23NO2S. The highest BCUT2D eigenvalue weighted by atomic mass is 32.2. The van der Waals surface area contributed by atoms with Crippen LogP contribution >= 0.6 is 0 Å². The summed E-state index contributed by atoms with van der Waals surface area (Å²) in [6.07, 6.45) is 5.21. The lowest BCUT2D eigenvalue weighted by Crippen LogP contribution is -2.14. The molecule has 130 valence electrons. The molecule has 0 radical (unpaired) electrons. The molecular weight excluding hydrogens is 330 g/mol. The van der Waals surface area contributed by atoms with Gasteiger partial charge in [-0.05, 0) is 28.7 Å². The van der Waals surface area contributed by atoms with Gasteiger partial charge >= 0.3 is 0 Å². The summed E-state index contributed by atoms with van der Waals surface area (Å²) in [6.45, 7) is 6.49. The Hall–Kier alpha value is -2.33. The molecule has 0 aliphatic heterocycles. The molecule has 0 spiro atoms. The van der Waals surface area contributed by atoms with E-state index >= 15 is 0 Å². The molecule has 3 aromatic rings. The number of benzene rings is 2. The van der Waals surface area contributed by atoms with E-state index in [0.717, 1.165) is 10.9 Å². The Morgan fingerprint density at radius 3 is 2.52 bits per heavy atom. The third kappa shape index (κ3) is 3.85. The first-order valence-corrected chi connectivity index (χ1v) is 9.95. The van der Waals surface area contributed by atoms with Crippen LogP contribution in [0.3, 0.4) is 0 Å². The minimum atomic E-state index is -3.42. The van der Waals surface area contributed by atoms with Gasteiger partial charge < -0.3 is 0 Å². The van der Waals surface area contributed by atoms with Gasteiger partial charge in [-0.1, -0.05) is 75.4 Å². The monoisotopic (exact) mass is 353 g/mol. The van der Waals surface area contributed by atoms with E-state index in [4.69, 9.17) is 0 Å². The maximum absolute atomic E-state index is 12.6. The van der Waals surface area contributed by atoms with Crippen molar-refractivity contribution in [3.8, 4) is 0 Å². The normalized spacial score (nSPS) is 12.9. The zero-order chi connectivity index (χ0) is 18.1. The first-order valence-electron chi connectivity index (χ1n) is 8.34. The largest absolute Gasteiger partial charge is 0.245 e. The summed E-state index contributed by atoms with van der Waals surface area (Å²) >= 11 is 0. The van der Waals surface area contributed by atoms with Crippen molar-refractivity contribution in [1.29, 1.82) is 0 Å². The number of fused-ring (bicyclic) bond motifs is 1. The minimum absolute atomic E-state index is 0.0363. The summed E-state index contributed by atoms with van der Waals surface area (Å²) < 4.78 is 26.6. The van der Waals surface area contributed by atoms with E-state index < -0.39 is 10.0 Å². The Kier molecular flexibility index (Phi) is 4.56. The van der Waals surface area contributed by atoms with Crippen LogP contribution in [0.4, 0.5) is 0 Å². The first-order chi connectivity index (χ1) is 11.8. The summed E-state index contributed by atoms with van der Waals surface area (Å²) in [5, 5.41) is 0.924. The van der Waals surface area contributed by atoms with E-state index in [2.05, 4.69) is 32.9 Å². The molecule has 0 fully saturated rings. The highest BCUT2D eigenvalue weighted by Gasteiger charge is 2.15. The molecule has 0 saturated heterocycles. The van der Waals surface area contributed by atoms with Gasteiger partial charge in [-0.15, -0.1) is 0 Å². The van der Waals surface area contributed by atoms with Gasteiger partial charge in [0, 0.05) is 11.6 Å². The smallest absolute Gasteiger partial charge is 0.242 e. The fourth-order valence-corrected chi connectivity index (χ4v) is 4.01. The predicted octanol–water partition coefficient (Wildman–Crippen LogP) is 4.83. The van der Waals surface area contributed by atoms with E-state index in [0.29, 0.717) is 5.52 Å². The number of aromatic nitrogens is 1. The molecule has 0 N–H and O–H groups in total. The first kappa shape index (κ1) is 17.5. The minimum Gasteiger partial charge on any atom is -0.245 e. The van der Waals surface area contributed by atoms with Gasteiger partial charge in [0.25, 0.3) is 0 Å². The lowest BCUT2D eigenvalue weighted by molar-refractivity contribution is 0.590. The van der Waals surface area contributed by atoms with E-state index in [1.807, 2.05) is 48.5 Å². The highest BCUT2D eigenvalue weighted by Crippen LogP contribution is 2.23. The van der Waals surface area contributed by atoms with Crippen molar-refractivity contribution in [3.63, 3.8) is 0 Å². The molecule has 25 heavy (non-hydrogen) atoms. The van der Waals surface area contributed by atoms with Crippen LogP contribution in [-0.4, -0.2) is 18.1 Å². The third-order valence-electron chi connectivity index (χ3n) is 4.23. The molecule has 0 unspecified atom stereocenters. The van der Waals surface area contributed by atoms with E-state index in [1.165, 1.54) is 9.54 Å². The summed E-state index contributed by atoms with van der Waals surface area (Å²) in [6, 6.07) is 17.5. The van der Waals surface area contributed by atoms with Gasteiger partial charge in [0.15, 0.2) is 0 Å².